The highest BCUT2D eigenvalue weighted by molar-refractivity contribution is 7.89. The average molecular weight is 212 g/mol. The molecular formula is C8H8N2O3S. The number of hydrogen-bond acceptors (Lipinski definition) is 4. The predicted octanol–water partition coefficient (Wildman–Crippen LogP) is -0.158. The Hall–Kier alpha value is -1.56. The largest absolute Gasteiger partial charge is 0.399 e. The van der Waals surface area contributed by atoms with E-state index in [2.05, 4.69) is 0 Å². The fraction of sp³-hybridized carbons (Fsp3) is 0.125. The van der Waals surface area contributed by atoms with Gasteiger partial charge in [0.1, 0.15) is 0 Å². The summed E-state index contributed by atoms with van der Waals surface area (Å²) < 4.78 is 24.2. The minimum atomic E-state index is -3.50. The SMILES string of the molecule is Nc1ccc2c(c1)C(=O)NS(=O)(=O)C2. The van der Waals surface area contributed by atoms with Crippen molar-refractivity contribution in [3.63, 3.8) is 0 Å². The molecule has 6 heteroatoms. The zero-order chi connectivity index (χ0) is 10.3. The zero-order valence-corrected chi connectivity index (χ0v) is 7.97. The van der Waals surface area contributed by atoms with Gasteiger partial charge in [-0.25, -0.2) is 13.1 Å². The highest BCUT2D eigenvalue weighted by atomic mass is 32.2. The summed E-state index contributed by atoms with van der Waals surface area (Å²) in [6, 6.07) is 4.60. The Morgan fingerprint density at radius 2 is 2.07 bits per heavy atom. The molecule has 5 nitrogen and oxygen atoms in total. The first-order valence-electron chi connectivity index (χ1n) is 3.91. The van der Waals surface area contributed by atoms with E-state index in [0.717, 1.165) is 0 Å². The van der Waals surface area contributed by atoms with Gasteiger partial charge in [-0.3, -0.25) is 4.79 Å². The second kappa shape index (κ2) is 2.71. The van der Waals surface area contributed by atoms with Crippen molar-refractivity contribution in [2.75, 3.05) is 5.73 Å². The minimum Gasteiger partial charge on any atom is -0.399 e. The summed E-state index contributed by atoms with van der Waals surface area (Å²) >= 11 is 0. The number of amides is 1. The van der Waals surface area contributed by atoms with Crippen molar-refractivity contribution >= 4 is 21.6 Å². The number of nitrogens with one attached hydrogen (secondary N) is 1. The highest BCUT2D eigenvalue weighted by Gasteiger charge is 2.26. The summed E-state index contributed by atoms with van der Waals surface area (Å²) in [7, 11) is -3.50. The highest BCUT2D eigenvalue weighted by Crippen LogP contribution is 2.19. The van der Waals surface area contributed by atoms with Crippen LogP contribution < -0.4 is 10.5 Å². The number of hydrogen-bond donors (Lipinski definition) is 2. The fourth-order valence-corrected chi connectivity index (χ4v) is 2.49. The molecule has 1 aliphatic heterocycles. The van der Waals surface area contributed by atoms with Crippen LogP contribution in [0.25, 0.3) is 0 Å². The Kier molecular flexibility index (Phi) is 1.75. The predicted molar refractivity (Wildman–Crippen MR) is 50.9 cm³/mol. The normalized spacial score (nSPS) is 18.4. The number of nitrogens with two attached hydrogens (primary N) is 1. The van der Waals surface area contributed by atoms with Crippen LogP contribution in [0.15, 0.2) is 18.2 Å². The van der Waals surface area contributed by atoms with Gasteiger partial charge in [0, 0.05) is 11.3 Å². The van der Waals surface area contributed by atoms with E-state index in [4.69, 9.17) is 5.73 Å². The first-order chi connectivity index (χ1) is 6.48. The quantitative estimate of drug-likeness (QED) is 0.585. The standard InChI is InChI=1S/C8H8N2O3S/c9-6-2-1-5-4-14(12,13)10-8(11)7(5)3-6/h1-3H,4,9H2,(H,10,11). The lowest BCUT2D eigenvalue weighted by Crippen LogP contribution is -2.36. The van der Waals surface area contributed by atoms with Crippen LogP contribution >= 0.6 is 0 Å². The third-order valence-electron chi connectivity index (χ3n) is 1.97. The van der Waals surface area contributed by atoms with Gasteiger partial charge in [0.2, 0.25) is 10.0 Å². The van der Waals surface area contributed by atoms with Gasteiger partial charge in [-0.2, -0.15) is 0 Å². The van der Waals surface area contributed by atoms with Gasteiger partial charge < -0.3 is 5.73 Å². The molecule has 0 radical (unpaired) electrons. The second-order valence-electron chi connectivity index (χ2n) is 3.11. The van der Waals surface area contributed by atoms with Gasteiger partial charge >= 0.3 is 0 Å². The number of rotatable bonds is 0. The van der Waals surface area contributed by atoms with Gasteiger partial charge in [0.25, 0.3) is 5.91 Å². The Labute approximate surface area is 81.0 Å². The molecule has 0 atom stereocenters. The molecule has 1 amide bonds. The lowest BCUT2D eigenvalue weighted by molar-refractivity contribution is 0.0978. The number of nitrogen functional groups attached to an aromatic ring is 1. The molecule has 1 aromatic carbocycles. The molecular weight excluding hydrogens is 204 g/mol. The van der Waals surface area contributed by atoms with E-state index >= 15 is 0 Å². The fourth-order valence-electron chi connectivity index (χ4n) is 1.37. The molecule has 0 saturated carbocycles. The molecule has 0 bridgehead atoms. The number of fused-ring (bicyclic) bond motifs is 1. The van der Waals surface area contributed by atoms with E-state index in [-0.39, 0.29) is 5.75 Å². The lowest BCUT2D eigenvalue weighted by Gasteiger charge is -2.16. The van der Waals surface area contributed by atoms with Crippen LogP contribution in [-0.4, -0.2) is 14.3 Å². The van der Waals surface area contributed by atoms with Crippen molar-refractivity contribution in [2.24, 2.45) is 0 Å². The van der Waals surface area contributed by atoms with Crippen molar-refractivity contribution in [3.05, 3.63) is 29.3 Å². The Morgan fingerprint density at radius 1 is 1.36 bits per heavy atom. The van der Waals surface area contributed by atoms with Crippen LogP contribution in [0.5, 0.6) is 0 Å². The number of sulfonamides is 1. The summed E-state index contributed by atoms with van der Waals surface area (Å²) in [5.41, 5.74) is 6.75. The first kappa shape index (κ1) is 9.01. The molecule has 0 aromatic heterocycles. The minimum absolute atomic E-state index is 0.172. The van der Waals surface area contributed by atoms with Crippen LogP contribution in [0.1, 0.15) is 15.9 Å². The van der Waals surface area contributed by atoms with Gasteiger partial charge in [0.05, 0.1) is 5.75 Å². The smallest absolute Gasteiger partial charge is 0.265 e. The summed E-state index contributed by atoms with van der Waals surface area (Å²) in [5, 5.41) is 0. The summed E-state index contributed by atoms with van der Waals surface area (Å²) in [4.78, 5) is 11.3. The number of anilines is 1. The molecule has 14 heavy (non-hydrogen) atoms. The molecule has 0 spiro atoms. The van der Waals surface area contributed by atoms with Crippen LogP contribution in [0.4, 0.5) is 5.69 Å². The third-order valence-corrected chi connectivity index (χ3v) is 3.16. The molecule has 0 saturated heterocycles. The maximum absolute atomic E-state index is 11.3. The molecule has 1 heterocycles. The Morgan fingerprint density at radius 3 is 2.79 bits per heavy atom. The van der Waals surface area contributed by atoms with E-state index < -0.39 is 15.9 Å². The van der Waals surface area contributed by atoms with Crippen LogP contribution in [0, 0.1) is 0 Å². The molecule has 3 N–H and O–H groups in total. The first-order valence-corrected chi connectivity index (χ1v) is 5.56. The summed E-state index contributed by atoms with van der Waals surface area (Å²) in [6.45, 7) is 0. The average Bonchev–Trinajstić information content (AvgIpc) is 2.05. The maximum Gasteiger partial charge on any atom is 0.265 e. The van der Waals surface area contributed by atoms with E-state index in [1.807, 2.05) is 4.72 Å². The van der Waals surface area contributed by atoms with Gasteiger partial charge in [-0.05, 0) is 17.7 Å². The van der Waals surface area contributed by atoms with Crippen molar-refractivity contribution in [3.8, 4) is 0 Å². The molecule has 0 unspecified atom stereocenters. The number of carbonyl (C=O) groups excluding carboxylic acids is 1. The topological polar surface area (TPSA) is 89.3 Å². The summed E-state index contributed by atoms with van der Waals surface area (Å²) in [5.74, 6) is -0.785. The van der Waals surface area contributed by atoms with Crippen LogP contribution in [-0.2, 0) is 15.8 Å². The van der Waals surface area contributed by atoms with Gasteiger partial charge in [-0.1, -0.05) is 6.07 Å². The molecule has 0 aliphatic carbocycles. The van der Waals surface area contributed by atoms with Crippen LogP contribution in [0.2, 0.25) is 0 Å². The number of carbonyl (C=O) groups is 1. The zero-order valence-electron chi connectivity index (χ0n) is 7.15. The van der Waals surface area contributed by atoms with Gasteiger partial charge in [-0.15, -0.1) is 0 Å². The van der Waals surface area contributed by atoms with E-state index in [9.17, 15) is 13.2 Å². The number of benzene rings is 1. The van der Waals surface area contributed by atoms with Crippen molar-refractivity contribution < 1.29 is 13.2 Å². The second-order valence-corrected chi connectivity index (χ2v) is 4.83. The van der Waals surface area contributed by atoms with E-state index in [1.54, 1.807) is 12.1 Å². The lowest BCUT2D eigenvalue weighted by atomic mass is 10.1. The molecule has 1 aliphatic rings. The van der Waals surface area contributed by atoms with E-state index in [0.29, 0.717) is 16.8 Å². The molecule has 0 fully saturated rings. The van der Waals surface area contributed by atoms with Crippen molar-refractivity contribution in [1.82, 2.24) is 4.72 Å². The van der Waals surface area contributed by atoms with Gasteiger partial charge in [0.15, 0.2) is 0 Å². The monoisotopic (exact) mass is 212 g/mol. The maximum atomic E-state index is 11.3. The van der Waals surface area contributed by atoms with E-state index in [1.165, 1.54) is 6.07 Å². The van der Waals surface area contributed by atoms with Crippen molar-refractivity contribution in [1.29, 1.82) is 0 Å². The summed E-state index contributed by atoms with van der Waals surface area (Å²) in [6.07, 6.45) is 0. The molecule has 74 valence electrons. The Balaban J connectivity index is 2.62. The third kappa shape index (κ3) is 1.44. The van der Waals surface area contributed by atoms with Crippen LogP contribution in [0.3, 0.4) is 0 Å². The Bertz CT molecular complexity index is 507. The molecule has 2 rings (SSSR count). The van der Waals surface area contributed by atoms with Crippen molar-refractivity contribution in [2.45, 2.75) is 5.75 Å². The molecule has 1 aromatic rings.